The Hall–Kier alpha value is -2.28. The average molecular weight is 402 g/mol. The van der Waals surface area contributed by atoms with Crippen LogP contribution in [0.1, 0.15) is 59.8 Å². The van der Waals surface area contributed by atoms with Gasteiger partial charge in [0.1, 0.15) is 0 Å². The van der Waals surface area contributed by atoms with Crippen LogP contribution in [0.5, 0.6) is 0 Å². The van der Waals surface area contributed by atoms with Crippen LogP contribution in [0.3, 0.4) is 0 Å². The molecule has 1 rings (SSSR count). The summed E-state index contributed by atoms with van der Waals surface area (Å²) >= 11 is 0. The summed E-state index contributed by atoms with van der Waals surface area (Å²) in [6, 6.07) is 0. The van der Waals surface area contributed by atoms with Gasteiger partial charge in [-0.3, -0.25) is 19.2 Å². The monoisotopic (exact) mass is 402 g/mol. The van der Waals surface area contributed by atoms with Crippen LogP contribution in [0.2, 0.25) is 0 Å². The number of hydrogen-bond acceptors (Lipinski definition) is 8. The van der Waals surface area contributed by atoms with Gasteiger partial charge in [0.25, 0.3) is 23.9 Å². The predicted octanol–water partition coefficient (Wildman–Crippen LogP) is -0.324. The Morgan fingerprint density at radius 3 is 0.815 bits per heavy atom. The number of carbonyl (C=O) groups is 4. The quantitative estimate of drug-likeness (QED) is 0.192. The van der Waals surface area contributed by atoms with Crippen molar-refractivity contribution in [1.82, 2.24) is 0 Å². The molecule has 1 fully saturated rings. The van der Waals surface area contributed by atoms with Crippen molar-refractivity contribution in [3.8, 4) is 0 Å². The van der Waals surface area contributed by atoms with E-state index >= 15 is 0 Å². The number of aliphatic hydroxyl groups is 4. The molecule has 0 saturated heterocycles. The molecule has 1 saturated carbocycles. The third kappa shape index (κ3) is 40.0. The van der Waals surface area contributed by atoms with E-state index < -0.39 is 35.5 Å². The molecule has 0 bridgehead atoms. The first-order valence-electron chi connectivity index (χ1n) is 7.56. The summed E-state index contributed by atoms with van der Waals surface area (Å²) in [6.07, 6.45) is 2.11. The molecular formula is C15H30O12. The van der Waals surface area contributed by atoms with Crippen LogP contribution in [0.4, 0.5) is 0 Å². The van der Waals surface area contributed by atoms with Crippen molar-refractivity contribution in [2.24, 2.45) is 0 Å². The van der Waals surface area contributed by atoms with Crippen molar-refractivity contribution >= 4 is 23.9 Å². The van der Waals surface area contributed by atoms with E-state index in [0.29, 0.717) is 12.8 Å². The van der Waals surface area contributed by atoms with Crippen LogP contribution >= 0.6 is 0 Å². The van der Waals surface area contributed by atoms with Crippen molar-refractivity contribution < 1.29 is 60.0 Å². The minimum Gasteiger partial charge on any atom is -0.481 e. The normalized spacial score (nSPS) is 15.7. The summed E-state index contributed by atoms with van der Waals surface area (Å²) in [7, 11) is 0. The standard InChI is InChI=1S/C7H14O4.4C2H4O2/c8-6(9)4-2-1-3-5-7(6,10)11;4*1-2(3)4/h8-11H,1-5H2;4*1H3,(H,3,4). The molecule has 0 aromatic carbocycles. The van der Waals surface area contributed by atoms with Crippen molar-refractivity contribution in [3.63, 3.8) is 0 Å². The minimum atomic E-state index is -2.33. The Morgan fingerprint density at radius 1 is 0.519 bits per heavy atom. The molecule has 8 N–H and O–H groups in total. The minimum absolute atomic E-state index is 0.0278. The van der Waals surface area contributed by atoms with E-state index in [0.717, 1.165) is 34.1 Å². The fourth-order valence-corrected chi connectivity index (χ4v) is 1.32. The lowest BCUT2D eigenvalue weighted by molar-refractivity contribution is -0.358. The first-order valence-corrected chi connectivity index (χ1v) is 7.56. The van der Waals surface area contributed by atoms with Gasteiger partial charge in [0.15, 0.2) is 0 Å². The number of rotatable bonds is 0. The maximum absolute atomic E-state index is 9.14. The van der Waals surface area contributed by atoms with Gasteiger partial charge in [-0.25, -0.2) is 0 Å². The zero-order chi connectivity index (χ0) is 22.8. The first kappa shape index (κ1) is 32.4. The molecule has 0 aliphatic heterocycles. The van der Waals surface area contributed by atoms with Gasteiger partial charge < -0.3 is 40.9 Å². The molecule has 162 valence electrons. The van der Waals surface area contributed by atoms with Crippen LogP contribution in [-0.2, 0) is 19.2 Å². The molecule has 0 atom stereocenters. The van der Waals surface area contributed by atoms with E-state index in [-0.39, 0.29) is 12.8 Å². The molecule has 0 unspecified atom stereocenters. The second-order valence-corrected chi connectivity index (χ2v) is 5.27. The fourth-order valence-electron chi connectivity index (χ4n) is 1.32. The van der Waals surface area contributed by atoms with E-state index in [9.17, 15) is 0 Å². The lowest BCUT2D eigenvalue weighted by Crippen LogP contribution is -2.53. The van der Waals surface area contributed by atoms with Gasteiger partial charge in [-0.2, -0.15) is 0 Å². The molecular weight excluding hydrogens is 372 g/mol. The Kier molecular flexibility index (Phi) is 20.6. The van der Waals surface area contributed by atoms with E-state index in [2.05, 4.69) is 0 Å². The third-order valence-electron chi connectivity index (χ3n) is 2.19. The molecule has 0 amide bonds. The van der Waals surface area contributed by atoms with Crippen molar-refractivity contribution in [1.29, 1.82) is 0 Å². The summed E-state index contributed by atoms with van der Waals surface area (Å²) in [6.45, 7) is 4.33. The molecule has 0 heterocycles. The molecule has 12 heteroatoms. The molecule has 0 spiro atoms. The smallest absolute Gasteiger partial charge is 0.300 e. The highest BCUT2D eigenvalue weighted by Gasteiger charge is 2.47. The topological polar surface area (TPSA) is 230 Å². The number of carboxylic acid groups (broad SMARTS) is 4. The predicted molar refractivity (Wildman–Crippen MR) is 90.7 cm³/mol. The highest BCUT2D eigenvalue weighted by atomic mass is 16.6. The lowest BCUT2D eigenvalue weighted by atomic mass is 10.0. The molecule has 0 aromatic heterocycles. The van der Waals surface area contributed by atoms with Gasteiger partial charge in [-0.15, -0.1) is 0 Å². The maximum atomic E-state index is 9.14. The maximum Gasteiger partial charge on any atom is 0.300 e. The van der Waals surface area contributed by atoms with Crippen LogP contribution in [-0.4, -0.2) is 76.3 Å². The van der Waals surface area contributed by atoms with Crippen molar-refractivity contribution in [2.75, 3.05) is 0 Å². The second-order valence-electron chi connectivity index (χ2n) is 5.27. The van der Waals surface area contributed by atoms with Gasteiger partial charge in [-0.05, 0) is 12.8 Å². The van der Waals surface area contributed by atoms with Gasteiger partial charge in [0.05, 0.1) is 0 Å². The number of hydrogen-bond donors (Lipinski definition) is 8. The van der Waals surface area contributed by atoms with E-state index in [1.807, 2.05) is 0 Å². The van der Waals surface area contributed by atoms with E-state index in [1.54, 1.807) is 0 Å². The fraction of sp³-hybridized carbons (Fsp3) is 0.733. The highest BCUT2D eigenvalue weighted by Crippen LogP contribution is 2.31. The summed E-state index contributed by atoms with van der Waals surface area (Å²) in [5, 5.41) is 66.2. The molecule has 27 heavy (non-hydrogen) atoms. The Bertz CT molecular complexity index is 362. The zero-order valence-corrected chi connectivity index (χ0v) is 15.7. The van der Waals surface area contributed by atoms with Gasteiger partial charge in [-0.1, -0.05) is 6.42 Å². The summed E-state index contributed by atoms with van der Waals surface area (Å²) in [4.78, 5) is 36.0. The second kappa shape index (κ2) is 17.1. The van der Waals surface area contributed by atoms with Crippen LogP contribution in [0, 0.1) is 0 Å². The first-order chi connectivity index (χ1) is 11.9. The van der Waals surface area contributed by atoms with Crippen molar-refractivity contribution in [3.05, 3.63) is 0 Å². The summed E-state index contributed by atoms with van der Waals surface area (Å²) in [5.41, 5.74) is 0. The average Bonchev–Trinajstić information content (AvgIpc) is 2.45. The highest BCUT2D eigenvalue weighted by molar-refractivity contribution is 5.63. The molecule has 0 aromatic rings. The Balaban J connectivity index is -0.000000139. The lowest BCUT2D eigenvalue weighted by Gasteiger charge is -2.33. The molecule has 0 radical (unpaired) electrons. The zero-order valence-electron chi connectivity index (χ0n) is 15.7. The SMILES string of the molecule is CC(=O)O.CC(=O)O.CC(=O)O.CC(=O)O.OC1(O)CCCCCC1(O)O. The van der Waals surface area contributed by atoms with E-state index in [1.165, 1.54) is 0 Å². The largest absolute Gasteiger partial charge is 0.481 e. The van der Waals surface area contributed by atoms with Gasteiger partial charge in [0.2, 0.25) is 11.6 Å². The Morgan fingerprint density at radius 2 is 0.667 bits per heavy atom. The number of aliphatic carboxylic acids is 4. The van der Waals surface area contributed by atoms with Crippen molar-refractivity contribution in [2.45, 2.75) is 71.4 Å². The van der Waals surface area contributed by atoms with Crippen LogP contribution in [0.25, 0.3) is 0 Å². The third-order valence-corrected chi connectivity index (χ3v) is 2.19. The molecule has 12 nitrogen and oxygen atoms in total. The number of carboxylic acids is 4. The Labute approximate surface area is 156 Å². The summed E-state index contributed by atoms with van der Waals surface area (Å²) in [5.74, 6) is -7.99. The van der Waals surface area contributed by atoms with Crippen LogP contribution < -0.4 is 0 Å². The van der Waals surface area contributed by atoms with Gasteiger partial charge in [0, 0.05) is 40.5 Å². The van der Waals surface area contributed by atoms with Gasteiger partial charge >= 0.3 is 0 Å². The molecule has 1 aliphatic carbocycles. The summed E-state index contributed by atoms with van der Waals surface area (Å²) < 4.78 is 0. The van der Waals surface area contributed by atoms with Crippen LogP contribution in [0.15, 0.2) is 0 Å². The molecule has 1 aliphatic rings. The van der Waals surface area contributed by atoms with E-state index in [4.69, 9.17) is 60.0 Å².